The lowest BCUT2D eigenvalue weighted by Crippen LogP contribution is -2.12. The minimum atomic E-state index is -0.381. The normalized spacial score (nSPS) is 10.3. The van der Waals surface area contributed by atoms with Crippen molar-refractivity contribution in [3.8, 4) is 5.75 Å². The highest BCUT2D eigenvalue weighted by molar-refractivity contribution is 5.92. The Kier molecular flexibility index (Phi) is 7.65. The van der Waals surface area contributed by atoms with Crippen LogP contribution in [0.4, 0.5) is 10.1 Å². The van der Waals surface area contributed by atoms with Crippen LogP contribution in [0.1, 0.15) is 39.0 Å². The Balaban J connectivity index is 2.44. The predicted molar refractivity (Wildman–Crippen MR) is 78.3 cm³/mol. The summed E-state index contributed by atoms with van der Waals surface area (Å²) in [4.78, 5) is 11.8. The molecule has 20 heavy (non-hydrogen) atoms. The third-order valence-electron chi connectivity index (χ3n) is 2.88. The number of halogens is 1. The van der Waals surface area contributed by atoms with E-state index in [2.05, 4.69) is 5.32 Å². The summed E-state index contributed by atoms with van der Waals surface area (Å²) in [5.41, 5.74) is 5.92. The van der Waals surface area contributed by atoms with E-state index in [4.69, 9.17) is 10.5 Å². The van der Waals surface area contributed by atoms with Crippen LogP contribution in [0.3, 0.4) is 0 Å². The molecule has 0 spiro atoms. The van der Waals surface area contributed by atoms with Gasteiger partial charge in [-0.3, -0.25) is 4.79 Å². The molecule has 0 saturated carbocycles. The second kappa shape index (κ2) is 9.31. The summed E-state index contributed by atoms with van der Waals surface area (Å²) in [5, 5.41) is 2.76. The fraction of sp³-hybridized carbons (Fsp3) is 0.533. The average Bonchev–Trinajstić information content (AvgIpc) is 2.42. The van der Waals surface area contributed by atoms with E-state index in [-0.39, 0.29) is 11.7 Å². The number of rotatable bonds is 9. The Morgan fingerprint density at radius 2 is 2.05 bits per heavy atom. The van der Waals surface area contributed by atoms with Gasteiger partial charge in [0.05, 0.1) is 12.3 Å². The summed E-state index contributed by atoms with van der Waals surface area (Å²) in [5.74, 6) is -0.0949. The maximum atomic E-state index is 13.1. The van der Waals surface area contributed by atoms with Crippen LogP contribution >= 0.6 is 0 Å². The second-order valence-corrected chi connectivity index (χ2v) is 4.57. The van der Waals surface area contributed by atoms with E-state index in [9.17, 15) is 9.18 Å². The lowest BCUT2D eigenvalue weighted by Gasteiger charge is -2.11. The van der Waals surface area contributed by atoms with E-state index in [1.165, 1.54) is 18.2 Å². The van der Waals surface area contributed by atoms with Crippen molar-refractivity contribution in [2.24, 2.45) is 5.73 Å². The van der Waals surface area contributed by atoms with Crippen LogP contribution in [0, 0.1) is 5.82 Å². The fourth-order valence-corrected chi connectivity index (χ4v) is 1.87. The molecule has 0 heterocycles. The first-order chi connectivity index (χ1) is 9.67. The molecular formula is C15H23FN2O2. The van der Waals surface area contributed by atoms with Gasteiger partial charge in [-0.25, -0.2) is 4.39 Å². The van der Waals surface area contributed by atoms with E-state index in [1.807, 2.05) is 6.92 Å². The Hall–Kier alpha value is -1.62. The van der Waals surface area contributed by atoms with Crippen molar-refractivity contribution in [3.63, 3.8) is 0 Å². The molecule has 3 N–H and O–H groups in total. The van der Waals surface area contributed by atoms with Crippen molar-refractivity contribution >= 4 is 11.6 Å². The molecule has 4 nitrogen and oxygen atoms in total. The third kappa shape index (κ3) is 6.02. The van der Waals surface area contributed by atoms with Crippen molar-refractivity contribution in [1.82, 2.24) is 0 Å². The molecule has 0 aliphatic carbocycles. The van der Waals surface area contributed by atoms with Crippen molar-refractivity contribution in [3.05, 3.63) is 24.0 Å². The van der Waals surface area contributed by atoms with E-state index >= 15 is 0 Å². The first kappa shape index (κ1) is 16.4. The largest absolute Gasteiger partial charge is 0.492 e. The van der Waals surface area contributed by atoms with Crippen molar-refractivity contribution < 1.29 is 13.9 Å². The standard InChI is InChI=1S/C15H23FN2O2/c1-2-20-14-11-12(16)8-9-13(14)18-15(19)7-5-3-4-6-10-17/h8-9,11H,2-7,10,17H2,1H3,(H,18,19). The number of carbonyl (C=O) groups is 1. The number of unbranched alkanes of at least 4 members (excludes halogenated alkanes) is 3. The molecule has 1 amide bonds. The molecule has 0 atom stereocenters. The monoisotopic (exact) mass is 282 g/mol. The van der Waals surface area contributed by atoms with Crippen LogP contribution in [0.15, 0.2) is 18.2 Å². The van der Waals surface area contributed by atoms with E-state index < -0.39 is 0 Å². The minimum Gasteiger partial charge on any atom is -0.492 e. The summed E-state index contributed by atoms with van der Waals surface area (Å²) < 4.78 is 18.4. The number of nitrogens with two attached hydrogens (primary N) is 1. The fourth-order valence-electron chi connectivity index (χ4n) is 1.87. The van der Waals surface area contributed by atoms with Gasteiger partial charge in [-0.2, -0.15) is 0 Å². The van der Waals surface area contributed by atoms with Gasteiger partial charge in [-0.15, -0.1) is 0 Å². The molecule has 1 rings (SSSR count). The summed E-state index contributed by atoms with van der Waals surface area (Å²) in [6.07, 6.45) is 4.31. The maximum Gasteiger partial charge on any atom is 0.224 e. The minimum absolute atomic E-state index is 0.0784. The smallest absolute Gasteiger partial charge is 0.224 e. The molecule has 1 aromatic carbocycles. The number of hydrogen-bond donors (Lipinski definition) is 2. The number of anilines is 1. The molecule has 0 aliphatic heterocycles. The van der Waals surface area contributed by atoms with Gasteiger partial charge in [0.2, 0.25) is 5.91 Å². The second-order valence-electron chi connectivity index (χ2n) is 4.57. The molecule has 0 saturated heterocycles. The summed E-state index contributed by atoms with van der Waals surface area (Å²) in [6, 6.07) is 4.10. The Morgan fingerprint density at radius 1 is 1.30 bits per heavy atom. The lowest BCUT2D eigenvalue weighted by atomic mass is 10.1. The van der Waals surface area contributed by atoms with Crippen LogP contribution in [0.25, 0.3) is 0 Å². The number of nitrogens with one attached hydrogen (secondary N) is 1. The number of carbonyl (C=O) groups excluding carboxylic acids is 1. The molecular weight excluding hydrogens is 259 g/mol. The number of ether oxygens (including phenoxy) is 1. The molecule has 1 aromatic rings. The number of amides is 1. The predicted octanol–water partition coefficient (Wildman–Crippen LogP) is 3.07. The first-order valence-electron chi connectivity index (χ1n) is 7.09. The molecule has 0 radical (unpaired) electrons. The van der Waals surface area contributed by atoms with Gasteiger partial charge in [0.25, 0.3) is 0 Å². The molecule has 5 heteroatoms. The highest BCUT2D eigenvalue weighted by Gasteiger charge is 2.08. The maximum absolute atomic E-state index is 13.1. The van der Waals surface area contributed by atoms with Crippen LogP contribution in [-0.4, -0.2) is 19.1 Å². The number of hydrogen-bond acceptors (Lipinski definition) is 3. The zero-order chi connectivity index (χ0) is 14.8. The van der Waals surface area contributed by atoms with Gasteiger partial charge in [0.1, 0.15) is 11.6 Å². The summed E-state index contributed by atoms with van der Waals surface area (Å²) in [7, 11) is 0. The topological polar surface area (TPSA) is 64.3 Å². The average molecular weight is 282 g/mol. The lowest BCUT2D eigenvalue weighted by molar-refractivity contribution is -0.116. The Labute approximate surface area is 119 Å². The highest BCUT2D eigenvalue weighted by atomic mass is 19.1. The molecule has 0 fully saturated rings. The summed E-state index contributed by atoms with van der Waals surface area (Å²) >= 11 is 0. The SMILES string of the molecule is CCOc1cc(F)ccc1NC(=O)CCCCCCN. The molecule has 112 valence electrons. The van der Waals surface area contributed by atoms with Gasteiger partial charge in [-0.05, 0) is 38.4 Å². The Bertz CT molecular complexity index is 424. The van der Waals surface area contributed by atoms with Crippen molar-refractivity contribution in [2.75, 3.05) is 18.5 Å². The summed E-state index contributed by atoms with van der Waals surface area (Å²) in [6.45, 7) is 2.93. The van der Waals surface area contributed by atoms with Crippen molar-refractivity contribution in [1.29, 1.82) is 0 Å². The van der Waals surface area contributed by atoms with Gasteiger partial charge in [0.15, 0.2) is 0 Å². The van der Waals surface area contributed by atoms with E-state index in [0.29, 0.717) is 31.0 Å². The van der Waals surface area contributed by atoms with Crippen LogP contribution in [0.2, 0.25) is 0 Å². The number of benzene rings is 1. The van der Waals surface area contributed by atoms with E-state index in [1.54, 1.807) is 0 Å². The van der Waals surface area contributed by atoms with Gasteiger partial charge >= 0.3 is 0 Å². The van der Waals surface area contributed by atoms with Crippen LogP contribution in [0.5, 0.6) is 5.75 Å². The molecule has 0 aliphatic rings. The van der Waals surface area contributed by atoms with Gasteiger partial charge in [0, 0.05) is 12.5 Å². The van der Waals surface area contributed by atoms with Crippen LogP contribution in [-0.2, 0) is 4.79 Å². The molecule has 0 unspecified atom stereocenters. The van der Waals surface area contributed by atoms with Crippen molar-refractivity contribution in [2.45, 2.75) is 39.0 Å². The van der Waals surface area contributed by atoms with E-state index in [0.717, 1.165) is 25.7 Å². The molecule has 0 bridgehead atoms. The first-order valence-corrected chi connectivity index (χ1v) is 7.09. The zero-order valence-electron chi connectivity index (χ0n) is 12.0. The van der Waals surface area contributed by atoms with Crippen LogP contribution < -0.4 is 15.8 Å². The van der Waals surface area contributed by atoms with Gasteiger partial charge in [-0.1, -0.05) is 12.8 Å². The Morgan fingerprint density at radius 3 is 2.75 bits per heavy atom. The highest BCUT2D eigenvalue weighted by Crippen LogP contribution is 2.25. The quantitative estimate of drug-likeness (QED) is 0.684. The third-order valence-corrected chi connectivity index (χ3v) is 2.88. The molecule has 0 aromatic heterocycles. The van der Waals surface area contributed by atoms with Gasteiger partial charge < -0.3 is 15.8 Å². The zero-order valence-corrected chi connectivity index (χ0v) is 12.0.